The van der Waals surface area contributed by atoms with Crippen molar-refractivity contribution in [1.29, 1.82) is 10.5 Å². The van der Waals surface area contributed by atoms with E-state index in [0.29, 0.717) is 27.4 Å². The standard InChI is InChI=1S/C26H20N4O4S/c27-14-19(25(31)29-26-22(15-28)21-9-2-4-11-24(21)35-26)13-18-7-1-3-10-23(18)34-16-17-6-5-8-20(12-17)30(32)33/h1,3,5-8,10,12-13H,2,4,9,11,16H2,(H,29,31)/b19-13+. The van der Waals surface area contributed by atoms with Crippen molar-refractivity contribution in [3.05, 3.63) is 91.3 Å². The quantitative estimate of drug-likeness (QED) is 0.203. The van der Waals surface area contributed by atoms with Crippen molar-refractivity contribution in [3.8, 4) is 17.9 Å². The first kappa shape index (κ1) is 23.7. The molecule has 4 rings (SSSR count). The molecule has 1 N–H and O–H groups in total. The zero-order valence-electron chi connectivity index (χ0n) is 18.6. The maximum Gasteiger partial charge on any atom is 0.269 e. The van der Waals surface area contributed by atoms with Gasteiger partial charge in [-0.2, -0.15) is 10.5 Å². The average molecular weight is 485 g/mol. The van der Waals surface area contributed by atoms with Crippen LogP contribution in [0.3, 0.4) is 0 Å². The first-order chi connectivity index (χ1) is 17.0. The lowest BCUT2D eigenvalue weighted by Crippen LogP contribution is -2.13. The Balaban J connectivity index is 1.54. The lowest BCUT2D eigenvalue weighted by molar-refractivity contribution is -0.384. The molecule has 0 saturated carbocycles. The Kier molecular flexibility index (Phi) is 7.20. The van der Waals surface area contributed by atoms with E-state index in [1.165, 1.54) is 29.5 Å². The number of carbonyl (C=O) groups is 1. The number of rotatable bonds is 7. The van der Waals surface area contributed by atoms with Gasteiger partial charge < -0.3 is 10.1 Å². The second-order valence-corrected chi connectivity index (χ2v) is 9.01. The highest BCUT2D eigenvalue weighted by Gasteiger charge is 2.23. The van der Waals surface area contributed by atoms with Gasteiger partial charge in [0.2, 0.25) is 0 Å². The molecular weight excluding hydrogens is 464 g/mol. The minimum Gasteiger partial charge on any atom is -0.488 e. The number of thiophene rings is 1. The van der Waals surface area contributed by atoms with Gasteiger partial charge in [0, 0.05) is 22.6 Å². The number of carbonyl (C=O) groups excluding carboxylic acids is 1. The van der Waals surface area contributed by atoms with Crippen molar-refractivity contribution in [2.75, 3.05) is 5.32 Å². The number of nitro groups is 1. The smallest absolute Gasteiger partial charge is 0.269 e. The first-order valence-corrected chi connectivity index (χ1v) is 11.7. The Labute approximate surface area is 205 Å². The number of ether oxygens (including phenoxy) is 1. The maximum absolute atomic E-state index is 12.9. The molecule has 0 saturated heterocycles. The van der Waals surface area contributed by atoms with E-state index in [9.17, 15) is 25.4 Å². The van der Waals surface area contributed by atoms with Gasteiger partial charge in [-0.05, 0) is 49.0 Å². The summed E-state index contributed by atoms with van der Waals surface area (Å²) in [5.41, 5.74) is 2.44. The van der Waals surface area contributed by atoms with E-state index in [0.717, 1.165) is 36.1 Å². The topological polar surface area (TPSA) is 129 Å². The normalized spacial score (nSPS) is 12.7. The molecule has 1 amide bonds. The second-order valence-electron chi connectivity index (χ2n) is 7.90. The van der Waals surface area contributed by atoms with Crippen LogP contribution in [0.5, 0.6) is 5.75 Å². The van der Waals surface area contributed by atoms with Gasteiger partial charge in [-0.15, -0.1) is 11.3 Å². The van der Waals surface area contributed by atoms with Crippen molar-refractivity contribution in [3.63, 3.8) is 0 Å². The van der Waals surface area contributed by atoms with Crippen LogP contribution in [0.2, 0.25) is 0 Å². The molecule has 9 heteroatoms. The summed E-state index contributed by atoms with van der Waals surface area (Å²) in [7, 11) is 0. The predicted octanol–water partition coefficient (Wildman–Crippen LogP) is 5.53. The fourth-order valence-corrected chi connectivity index (χ4v) is 5.13. The van der Waals surface area contributed by atoms with Crippen LogP contribution >= 0.6 is 11.3 Å². The van der Waals surface area contributed by atoms with E-state index in [2.05, 4.69) is 11.4 Å². The van der Waals surface area contributed by atoms with Crippen LogP contribution in [0.4, 0.5) is 10.7 Å². The third kappa shape index (κ3) is 5.37. The van der Waals surface area contributed by atoms with Crippen LogP contribution < -0.4 is 10.1 Å². The molecule has 1 heterocycles. The third-order valence-corrected chi connectivity index (χ3v) is 6.82. The first-order valence-electron chi connectivity index (χ1n) is 10.9. The highest BCUT2D eigenvalue weighted by Crippen LogP contribution is 2.37. The lowest BCUT2D eigenvalue weighted by atomic mass is 9.96. The molecule has 2 aromatic carbocycles. The van der Waals surface area contributed by atoms with Crippen molar-refractivity contribution >= 4 is 34.0 Å². The zero-order chi connectivity index (χ0) is 24.8. The van der Waals surface area contributed by atoms with Crippen molar-refractivity contribution < 1.29 is 14.5 Å². The lowest BCUT2D eigenvalue weighted by Gasteiger charge is -2.10. The zero-order valence-corrected chi connectivity index (χ0v) is 19.4. The van der Waals surface area contributed by atoms with Gasteiger partial charge in [-0.3, -0.25) is 14.9 Å². The fourth-order valence-electron chi connectivity index (χ4n) is 3.90. The van der Waals surface area contributed by atoms with E-state index in [-0.39, 0.29) is 17.9 Å². The summed E-state index contributed by atoms with van der Waals surface area (Å²) in [6.45, 7) is 0.0763. The maximum atomic E-state index is 12.9. The number of amides is 1. The third-order valence-electron chi connectivity index (χ3n) is 5.61. The highest BCUT2D eigenvalue weighted by atomic mass is 32.1. The number of anilines is 1. The number of para-hydroxylation sites is 1. The van der Waals surface area contributed by atoms with Crippen LogP contribution in [0.25, 0.3) is 6.08 Å². The van der Waals surface area contributed by atoms with Crippen LogP contribution in [0, 0.1) is 32.8 Å². The van der Waals surface area contributed by atoms with E-state index in [4.69, 9.17) is 4.74 Å². The molecule has 0 fully saturated rings. The van der Waals surface area contributed by atoms with Crippen molar-refractivity contribution in [2.24, 2.45) is 0 Å². The summed E-state index contributed by atoms with van der Waals surface area (Å²) in [5, 5.41) is 33.5. The minimum absolute atomic E-state index is 0.0327. The molecule has 174 valence electrons. The van der Waals surface area contributed by atoms with Crippen molar-refractivity contribution in [1.82, 2.24) is 0 Å². The molecular formula is C26H20N4O4S. The van der Waals surface area contributed by atoms with Crippen LogP contribution in [0.15, 0.2) is 54.1 Å². The SMILES string of the molecule is N#C/C(=C\c1ccccc1OCc1cccc([N+](=O)[O-])c1)C(=O)Nc1sc2c(c1C#N)CCCC2. The number of hydrogen-bond donors (Lipinski definition) is 1. The predicted molar refractivity (Wildman–Crippen MR) is 132 cm³/mol. The summed E-state index contributed by atoms with van der Waals surface area (Å²) >= 11 is 1.40. The summed E-state index contributed by atoms with van der Waals surface area (Å²) in [4.78, 5) is 24.6. The fraction of sp³-hybridized carbons (Fsp3) is 0.192. The van der Waals surface area contributed by atoms with Gasteiger partial charge in [0.1, 0.15) is 35.1 Å². The van der Waals surface area contributed by atoms with Gasteiger partial charge in [0.15, 0.2) is 0 Å². The molecule has 0 aliphatic heterocycles. The van der Waals surface area contributed by atoms with Crippen molar-refractivity contribution in [2.45, 2.75) is 32.3 Å². The van der Waals surface area contributed by atoms with Crippen LogP contribution in [-0.2, 0) is 24.2 Å². The van der Waals surface area contributed by atoms with E-state index in [1.54, 1.807) is 36.4 Å². The number of nitro benzene ring substituents is 1. The Hall–Kier alpha value is -4.47. The molecule has 0 unspecified atom stereocenters. The van der Waals surface area contributed by atoms with Gasteiger partial charge in [-0.25, -0.2) is 0 Å². The molecule has 1 aliphatic rings. The molecule has 0 radical (unpaired) electrons. The largest absolute Gasteiger partial charge is 0.488 e. The molecule has 0 spiro atoms. The van der Waals surface area contributed by atoms with Crippen LogP contribution in [0.1, 0.15) is 40.0 Å². The Morgan fingerprint density at radius 1 is 1.17 bits per heavy atom. The number of nitriles is 2. The van der Waals surface area contributed by atoms with E-state index in [1.807, 2.05) is 6.07 Å². The molecule has 8 nitrogen and oxygen atoms in total. The minimum atomic E-state index is -0.601. The summed E-state index contributed by atoms with van der Waals surface area (Å²) in [5.74, 6) is -0.181. The number of nitrogens with one attached hydrogen (secondary N) is 1. The van der Waals surface area contributed by atoms with Gasteiger partial charge in [0.25, 0.3) is 11.6 Å². The van der Waals surface area contributed by atoms with Crippen LogP contribution in [-0.4, -0.2) is 10.8 Å². The summed E-state index contributed by atoms with van der Waals surface area (Å²) < 4.78 is 5.84. The molecule has 3 aromatic rings. The second kappa shape index (κ2) is 10.6. The Bertz CT molecular complexity index is 1410. The average Bonchev–Trinajstić information content (AvgIpc) is 3.23. The van der Waals surface area contributed by atoms with Gasteiger partial charge in [0.05, 0.1) is 10.5 Å². The van der Waals surface area contributed by atoms with Gasteiger partial charge >= 0.3 is 0 Å². The molecule has 35 heavy (non-hydrogen) atoms. The molecule has 1 aliphatic carbocycles. The Morgan fingerprint density at radius 3 is 2.74 bits per heavy atom. The highest BCUT2D eigenvalue weighted by molar-refractivity contribution is 7.16. The number of aryl methyl sites for hydroxylation is 1. The number of hydrogen-bond acceptors (Lipinski definition) is 7. The number of benzene rings is 2. The summed E-state index contributed by atoms with van der Waals surface area (Å²) in [6, 6.07) is 17.2. The number of fused-ring (bicyclic) bond motifs is 1. The molecule has 0 bridgehead atoms. The van der Waals surface area contributed by atoms with E-state index < -0.39 is 10.8 Å². The van der Waals surface area contributed by atoms with E-state index >= 15 is 0 Å². The molecule has 0 atom stereocenters. The summed E-state index contributed by atoms with van der Waals surface area (Å²) in [6.07, 6.45) is 5.21. The molecule has 1 aromatic heterocycles. The number of nitrogens with zero attached hydrogens (tertiary/aromatic N) is 3. The van der Waals surface area contributed by atoms with Gasteiger partial charge in [-0.1, -0.05) is 30.3 Å². The monoisotopic (exact) mass is 484 g/mol. The number of non-ortho nitro benzene ring substituents is 1. The Morgan fingerprint density at radius 2 is 1.97 bits per heavy atom.